The minimum absolute atomic E-state index is 0.125. The number of imidazole rings is 1. The Morgan fingerprint density at radius 1 is 1.00 bits per heavy atom. The molecule has 6 nitrogen and oxygen atoms in total. The highest BCUT2D eigenvalue weighted by atomic mass is 35.5. The molecule has 0 bridgehead atoms. The second kappa shape index (κ2) is 11.5. The van der Waals surface area contributed by atoms with Crippen LogP contribution in [-0.2, 0) is 6.54 Å². The van der Waals surface area contributed by atoms with E-state index in [0.29, 0.717) is 34.7 Å². The Bertz CT molecular complexity index is 1630. The lowest BCUT2D eigenvalue weighted by molar-refractivity contribution is 0.0935. The summed E-state index contributed by atoms with van der Waals surface area (Å²) in [7, 11) is 2.15. The summed E-state index contributed by atoms with van der Waals surface area (Å²) in [5, 5.41) is 5.45. The minimum atomic E-state index is -0.125. The zero-order valence-electron chi connectivity index (χ0n) is 22.3. The maximum absolute atomic E-state index is 13.8. The monoisotopic (exact) mass is 571 g/mol. The molecule has 0 aliphatic carbocycles. The molecule has 0 saturated carbocycles. The number of hydrogen-bond donors (Lipinski definition) is 2. The van der Waals surface area contributed by atoms with E-state index in [9.17, 15) is 4.79 Å². The molecule has 6 rings (SSSR count). The molecule has 0 atom stereocenters. The lowest BCUT2D eigenvalue weighted by Gasteiger charge is -2.28. The number of fused-ring (bicyclic) bond motifs is 1. The van der Waals surface area contributed by atoms with Crippen molar-refractivity contribution in [1.29, 1.82) is 0 Å². The van der Waals surface area contributed by atoms with Crippen molar-refractivity contribution in [1.82, 2.24) is 24.8 Å². The largest absolute Gasteiger partial charge is 0.350 e. The molecule has 2 aromatic heterocycles. The lowest BCUT2D eigenvalue weighted by atomic mass is 9.97. The first kappa shape index (κ1) is 26.6. The highest BCUT2D eigenvalue weighted by molar-refractivity contribution is 6.31. The Kier molecular flexibility index (Phi) is 7.65. The smallest absolute Gasteiger partial charge is 0.268 e. The average Bonchev–Trinajstić information content (AvgIpc) is 3.54. The van der Waals surface area contributed by atoms with Crippen LogP contribution in [-0.4, -0.2) is 52.0 Å². The third-order valence-electron chi connectivity index (χ3n) is 7.77. The number of carbonyl (C=O) groups is 1. The van der Waals surface area contributed by atoms with Crippen LogP contribution in [0.3, 0.4) is 0 Å². The maximum atomic E-state index is 13.8. The Balaban J connectivity index is 1.46. The number of H-pyrrole nitrogens is 1. The lowest BCUT2D eigenvalue weighted by Crippen LogP contribution is -2.37. The molecule has 0 unspecified atom stereocenters. The van der Waals surface area contributed by atoms with Crippen LogP contribution in [0.15, 0.2) is 79.1 Å². The van der Waals surface area contributed by atoms with Gasteiger partial charge in [-0.25, -0.2) is 4.98 Å². The van der Waals surface area contributed by atoms with E-state index in [1.54, 1.807) is 0 Å². The number of halogens is 2. The summed E-state index contributed by atoms with van der Waals surface area (Å²) in [5.41, 5.74) is 5.89. The van der Waals surface area contributed by atoms with Crippen molar-refractivity contribution in [3.8, 4) is 22.5 Å². The molecule has 0 radical (unpaired) electrons. The number of hydrogen-bond acceptors (Lipinski definition) is 3. The van der Waals surface area contributed by atoms with Gasteiger partial charge in [-0.1, -0.05) is 71.7 Å². The molecule has 204 valence electrons. The predicted octanol–water partition coefficient (Wildman–Crippen LogP) is 7.13. The number of nitrogens with one attached hydrogen (secondary N) is 2. The van der Waals surface area contributed by atoms with Gasteiger partial charge in [0.2, 0.25) is 0 Å². The summed E-state index contributed by atoms with van der Waals surface area (Å²) >= 11 is 12.5. The van der Waals surface area contributed by atoms with E-state index < -0.39 is 0 Å². The fraction of sp³-hybridized carbons (Fsp3) is 0.250. The first-order valence-corrected chi connectivity index (χ1v) is 14.3. The molecule has 1 fully saturated rings. The first-order chi connectivity index (χ1) is 19.5. The van der Waals surface area contributed by atoms with Crippen LogP contribution in [0.5, 0.6) is 0 Å². The summed E-state index contributed by atoms with van der Waals surface area (Å²) in [4.78, 5) is 24.5. The van der Waals surface area contributed by atoms with E-state index in [4.69, 9.17) is 28.2 Å². The molecule has 1 aliphatic rings. The Hall–Kier alpha value is -3.58. The summed E-state index contributed by atoms with van der Waals surface area (Å²) < 4.78 is 2.11. The zero-order valence-corrected chi connectivity index (χ0v) is 23.8. The Morgan fingerprint density at radius 3 is 2.48 bits per heavy atom. The molecule has 1 saturated heterocycles. The van der Waals surface area contributed by atoms with Gasteiger partial charge < -0.3 is 19.8 Å². The number of carbonyl (C=O) groups excluding carboxylic acids is 1. The predicted molar refractivity (Wildman–Crippen MR) is 163 cm³/mol. The van der Waals surface area contributed by atoms with Crippen molar-refractivity contribution in [2.24, 2.45) is 5.92 Å². The van der Waals surface area contributed by atoms with Crippen LogP contribution in [0.4, 0.5) is 0 Å². The second-order valence-corrected chi connectivity index (χ2v) is 11.5. The molecule has 5 aromatic rings. The van der Waals surface area contributed by atoms with Gasteiger partial charge >= 0.3 is 0 Å². The van der Waals surface area contributed by atoms with E-state index in [1.807, 2.05) is 79.1 Å². The number of amides is 1. The van der Waals surface area contributed by atoms with Crippen molar-refractivity contribution in [2.75, 3.05) is 26.7 Å². The summed E-state index contributed by atoms with van der Waals surface area (Å²) in [6.07, 6.45) is 4.01. The molecule has 1 amide bonds. The number of likely N-dealkylation sites (tertiary alicyclic amines) is 1. The molecule has 1 aliphatic heterocycles. The number of nitrogens with zero attached hydrogens (tertiary/aromatic N) is 3. The maximum Gasteiger partial charge on any atom is 0.268 e. The van der Waals surface area contributed by atoms with Crippen molar-refractivity contribution < 1.29 is 4.79 Å². The van der Waals surface area contributed by atoms with Crippen molar-refractivity contribution in [3.63, 3.8) is 0 Å². The van der Waals surface area contributed by atoms with Crippen molar-refractivity contribution in [3.05, 3.63) is 100 Å². The molecule has 3 heterocycles. The van der Waals surface area contributed by atoms with E-state index in [1.165, 1.54) is 0 Å². The zero-order chi connectivity index (χ0) is 27.6. The van der Waals surface area contributed by atoms with Crippen LogP contribution < -0.4 is 5.32 Å². The van der Waals surface area contributed by atoms with Crippen molar-refractivity contribution >= 4 is 40.0 Å². The van der Waals surface area contributed by atoms with Gasteiger partial charge in [-0.2, -0.15) is 0 Å². The van der Waals surface area contributed by atoms with E-state index in [-0.39, 0.29) is 5.91 Å². The van der Waals surface area contributed by atoms with Gasteiger partial charge in [0.15, 0.2) is 0 Å². The first-order valence-electron chi connectivity index (χ1n) is 13.6. The quantitative estimate of drug-likeness (QED) is 0.218. The Morgan fingerprint density at radius 2 is 1.73 bits per heavy atom. The standard InChI is InChI=1S/C32H31Cl2N5O/c1-38-15-13-21(14-16-38)18-35-32(40)30-28(26-12-11-25(34)17-27(26)37-30)31-29(23-5-3-2-4-6-23)36-20-39(31)19-22-7-9-24(33)10-8-22/h2-12,17,20-21,37H,13-16,18-19H2,1H3,(H,35,40). The molecule has 2 N–H and O–H groups in total. The fourth-order valence-corrected chi connectivity index (χ4v) is 5.83. The molecule has 0 spiro atoms. The third kappa shape index (κ3) is 5.52. The molecule has 40 heavy (non-hydrogen) atoms. The van der Waals surface area contributed by atoms with Gasteiger partial charge in [0, 0.05) is 45.2 Å². The van der Waals surface area contributed by atoms with E-state index >= 15 is 0 Å². The third-order valence-corrected chi connectivity index (χ3v) is 8.25. The number of aromatic nitrogens is 3. The molecule has 8 heteroatoms. The van der Waals surface area contributed by atoms with Crippen molar-refractivity contribution in [2.45, 2.75) is 19.4 Å². The Labute approximate surface area is 243 Å². The van der Waals surface area contributed by atoms with Gasteiger partial charge in [0.05, 0.1) is 17.7 Å². The molecular weight excluding hydrogens is 541 g/mol. The fourth-order valence-electron chi connectivity index (χ4n) is 5.54. The topological polar surface area (TPSA) is 66.0 Å². The van der Waals surface area contributed by atoms with Crippen LogP contribution in [0.2, 0.25) is 10.0 Å². The SMILES string of the molecule is CN1CCC(CNC(=O)c2[nH]c3cc(Cl)ccc3c2-c2c(-c3ccccc3)ncn2Cc2ccc(Cl)cc2)CC1. The number of piperidine rings is 1. The van der Waals surface area contributed by atoms with Gasteiger partial charge in [-0.05, 0) is 68.7 Å². The van der Waals surface area contributed by atoms with Crippen LogP contribution in [0.25, 0.3) is 33.4 Å². The number of aromatic amines is 1. The van der Waals surface area contributed by atoms with E-state index in [0.717, 1.165) is 64.9 Å². The van der Waals surface area contributed by atoms with E-state index in [2.05, 4.69) is 26.8 Å². The van der Waals surface area contributed by atoms with Crippen LogP contribution >= 0.6 is 23.2 Å². The molecule has 3 aromatic carbocycles. The molecular formula is C32H31Cl2N5O. The normalized spacial score (nSPS) is 14.6. The summed E-state index contributed by atoms with van der Waals surface area (Å²) in [6, 6.07) is 23.6. The average molecular weight is 573 g/mol. The van der Waals surface area contributed by atoms with Gasteiger partial charge in [0.25, 0.3) is 5.91 Å². The highest BCUT2D eigenvalue weighted by Crippen LogP contribution is 2.39. The van der Waals surface area contributed by atoms with Crippen LogP contribution in [0.1, 0.15) is 28.9 Å². The number of benzene rings is 3. The van der Waals surface area contributed by atoms with Crippen LogP contribution in [0, 0.1) is 5.92 Å². The summed E-state index contributed by atoms with van der Waals surface area (Å²) in [6.45, 7) is 3.34. The number of rotatable bonds is 7. The second-order valence-electron chi connectivity index (χ2n) is 10.6. The minimum Gasteiger partial charge on any atom is -0.350 e. The van der Waals surface area contributed by atoms with Gasteiger partial charge in [-0.3, -0.25) is 4.79 Å². The van der Waals surface area contributed by atoms with Gasteiger partial charge in [-0.15, -0.1) is 0 Å². The van der Waals surface area contributed by atoms with Gasteiger partial charge in [0.1, 0.15) is 5.69 Å². The summed E-state index contributed by atoms with van der Waals surface area (Å²) in [5.74, 6) is 0.345. The highest BCUT2D eigenvalue weighted by Gasteiger charge is 2.26.